The second-order valence-electron chi connectivity index (χ2n) is 7.53. The molecular formula is C20H25NO4S. The van der Waals surface area contributed by atoms with Crippen LogP contribution in [-0.2, 0) is 14.4 Å². The summed E-state index contributed by atoms with van der Waals surface area (Å²) >= 11 is 0. The summed E-state index contributed by atoms with van der Waals surface area (Å²) in [6.45, 7) is 9.24. The standard InChI is InChI=1S/C20H25NO4S/c1-15-6-11-18(26(22,23)25-21-12-5-13-21)14-19(15)16-7-9-17(10-8-16)24-20(2,3)4/h6-11,14H,5,12-13H2,1-4H3. The van der Waals surface area contributed by atoms with Crippen LogP contribution in [0.2, 0.25) is 0 Å². The van der Waals surface area contributed by atoms with Crippen LogP contribution in [0.4, 0.5) is 0 Å². The van der Waals surface area contributed by atoms with Crippen LogP contribution in [0.15, 0.2) is 47.4 Å². The van der Waals surface area contributed by atoms with Gasteiger partial charge in [0.25, 0.3) is 0 Å². The largest absolute Gasteiger partial charge is 0.488 e. The van der Waals surface area contributed by atoms with Crippen LogP contribution in [0.1, 0.15) is 32.8 Å². The normalized spacial score (nSPS) is 15.5. The van der Waals surface area contributed by atoms with Crippen molar-refractivity contribution in [2.24, 2.45) is 0 Å². The molecule has 3 rings (SSSR count). The molecule has 0 amide bonds. The molecule has 140 valence electrons. The van der Waals surface area contributed by atoms with E-state index in [-0.39, 0.29) is 10.5 Å². The van der Waals surface area contributed by atoms with Gasteiger partial charge in [-0.15, -0.1) is 0 Å². The molecule has 0 bridgehead atoms. The van der Waals surface area contributed by atoms with Crippen molar-refractivity contribution in [2.75, 3.05) is 13.1 Å². The van der Waals surface area contributed by atoms with Gasteiger partial charge in [-0.3, -0.25) is 0 Å². The summed E-state index contributed by atoms with van der Waals surface area (Å²) in [5.41, 5.74) is 2.53. The van der Waals surface area contributed by atoms with Gasteiger partial charge in [0.2, 0.25) is 0 Å². The molecule has 1 saturated heterocycles. The number of rotatable bonds is 5. The highest BCUT2D eigenvalue weighted by atomic mass is 32.2. The van der Waals surface area contributed by atoms with E-state index >= 15 is 0 Å². The van der Waals surface area contributed by atoms with Crippen LogP contribution < -0.4 is 4.74 Å². The molecule has 0 saturated carbocycles. The fraction of sp³-hybridized carbons (Fsp3) is 0.400. The van der Waals surface area contributed by atoms with Crippen molar-refractivity contribution >= 4 is 10.1 Å². The zero-order chi connectivity index (χ0) is 18.9. The van der Waals surface area contributed by atoms with Crippen molar-refractivity contribution in [3.63, 3.8) is 0 Å². The van der Waals surface area contributed by atoms with E-state index in [1.165, 1.54) is 5.06 Å². The molecule has 2 aromatic carbocycles. The van der Waals surface area contributed by atoms with E-state index in [0.29, 0.717) is 13.1 Å². The Bertz CT molecular complexity index is 879. The van der Waals surface area contributed by atoms with Gasteiger partial charge in [-0.05, 0) is 75.1 Å². The number of ether oxygens (including phenoxy) is 1. The van der Waals surface area contributed by atoms with Gasteiger partial charge in [-0.25, -0.2) is 0 Å². The highest BCUT2D eigenvalue weighted by molar-refractivity contribution is 7.86. The number of hydroxylamine groups is 2. The minimum atomic E-state index is -3.80. The zero-order valence-corrected chi connectivity index (χ0v) is 16.5. The summed E-state index contributed by atoms with van der Waals surface area (Å²) in [7, 11) is -3.80. The van der Waals surface area contributed by atoms with Crippen LogP contribution in [0.25, 0.3) is 11.1 Å². The Morgan fingerprint density at radius 2 is 1.65 bits per heavy atom. The Morgan fingerprint density at radius 1 is 1.00 bits per heavy atom. The first-order chi connectivity index (χ1) is 12.1. The van der Waals surface area contributed by atoms with Crippen LogP contribution in [0, 0.1) is 6.92 Å². The first-order valence-electron chi connectivity index (χ1n) is 8.74. The monoisotopic (exact) mass is 375 g/mol. The Hall–Kier alpha value is -1.89. The summed E-state index contributed by atoms with van der Waals surface area (Å²) in [4.78, 5) is 0.167. The molecule has 1 heterocycles. The molecular weight excluding hydrogens is 350 g/mol. The lowest BCUT2D eigenvalue weighted by molar-refractivity contribution is -0.101. The predicted molar refractivity (Wildman–Crippen MR) is 101 cm³/mol. The number of nitrogens with zero attached hydrogens (tertiary/aromatic N) is 1. The fourth-order valence-electron chi connectivity index (χ4n) is 2.67. The first kappa shape index (κ1) is 18.9. The van der Waals surface area contributed by atoms with Gasteiger partial charge in [0.15, 0.2) is 0 Å². The van der Waals surface area contributed by atoms with Crippen LogP contribution in [0.3, 0.4) is 0 Å². The molecule has 1 aliphatic rings. The van der Waals surface area contributed by atoms with Gasteiger partial charge >= 0.3 is 10.1 Å². The minimum Gasteiger partial charge on any atom is -0.488 e. The van der Waals surface area contributed by atoms with Crippen molar-refractivity contribution in [3.05, 3.63) is 48.0 Å². The van der Waals surface area contributed by atoms with Gasteiger partial charge in [-0.2, -0.15) is 17.8 Å². The van der Waals surface area contributed by atoms with Crippen LogP contribution in [-0.4, -0.2) is 32.2 Å². The minimum absolute atomic E-state index is 0.167. The van der Waals surface area contributed by atoms with Gasteiger partial charge in [0, 0.05) is 13.1 Å². The summed E-state index contributed by atoms with van der Waals surface area (Å²) in [5.74, 6) is 0.781. The first-order valence-corrected chi connectivity index (χ1v) is 10.1. The summed E-state index contributed by atoms with van der Waals surface area (Å²) < 4.78 is 35.9. The molecule has 1 fully saturated rings. The maximum atomic E-state index is 12.5. The van der Waals surface area contributed by atoms with Crippen molar-refractivity contribution in [3.8, 4) is 16.9 Å². The van der Waals surface area contributed by atoms with E-state index in [1.807, 2.05) is 52.0 Å². The van der Waals surface area contributed by atoms with Crippen molar-refractivity contribution < 1.29 is 17.4 Å². The molecule has 5 nitrogen and oxygen atoms in total. The molecule has 1 aliphatic heterocycles. The number of hydrogen-bond acceptors (Lipinski definition) is 5. The summed E-state index contributed by atoms with van der Waals surface area (Å²) in [6.07, 6.45) is 0.956. The average molecular weight is 375 g/mol. The third-order valence-electron chi connectivity index (χ3n) is 4.11. The van der Waals surface area contributed by atoms with E-state index in [9.17, 15) is 8.42 Å². The number of hydrogen-bond donors (Lipinski definition) is 0. The van der Waals surface area contributed by atoms with E-state index in [2.05, 4.69) is 0 Å². The topological polar surface area (TPSA) is 55.8 Å². The molecule has 0 aliphatic carbocycles. The molecule has 6 heteroatoms. The highest BCUT2D eigenvalue weighted by Gasteiger charge is 2.25. The zero-order valence-electron chi connectivity index (χ0n) is 15.7. The molecule has 0 N–H and O–H groups in total. The molecule has 0 spiro atoms. The highest BCUT2D eigenvalue weighted by Crippen LogP contribution is 2.30. The third-order valence-corrected chi connectivity index (χ3v) is 5.34. The predicted octanol–water partition coefficient (Wildman–Crippen LogP) is 4.17. The number of aryl methyl sites for hydroxylation is 1. The van der Waals surface area contributed by atoms with Crippen LogP contribution in [0.5, 0.6) is 5.75 Å². The van der Waals surface area contributed by atoms with Crippen LogP contribution >= 0.6 is 0 Å². The van der Waals surface area contributed by atoms with E-state index in [0.717, 1.165) is 28.9 Å². The molecule has 26 heavy (non-hydrogen) atoms. The summed E-state index contributed by atoms with van der Waals surface area (Å²) in [5, 5.41) is 1.47. The van der Waals surface area contributed by atoms with Crippen molar-refractivity contribution in [1.82, 2.24) is 5.06 Å². The second-order valence-corrected chi connectivity index (χ2v) is 9.06. The van der Waals surface area contributed by atoms with E-state index in [1.54, 1.807) is 18.2 Å². The number of benzene rings is 2. The van der Waals surface area contributed by atoms with Crippen molar-refractivity contribution in [1.29, 1.82) is 0 Å². The Labute approximate surface area is 155 Å². The van der Waals surface area contributed by atoms with E-state index in [4.69, 9.17) is 9.02 Å². The van der Waals surface area contributed by atoms with Crippen molar-refractivity contribution in [2.45, 2.75) is 44.6 Å². The lowest BCUT2D eigenvalue weighted by atomic mass is 10.0. The maximum Gasteiger partial charge on any atom is 0.313 e. The SMILES string of the molecule is Cc1ccc(S(=O)(=O)ON2CCC2)cc1-c1ccc(OC(C)(C)C)cc1. The van der Waals surface area contributed by atoms with Gasteiger partial charge in [-0.1, -0.05) is 18.2 Å². The molecule has 0 radical (unpaired) electrons. The van der Waals surface area contributed by atoms with Gasteiger partial charge < -0.3 is 4.74 Å². The Morgan fingerprint density at radius 3 is 2.19 bits per heavy atom. The molecule has 2 aromatic rings. The molecule has 0 atom stereocenters. The lowest BCUT2D eigenvalue weighted by Crippen LogP contribution is -2.38. The Kier molecular flexibility index (Phi) is 5.10. The quantitative estimate of drug-likeness (QED) is 0.785. The maximum absolute atomic E-state index is 12.5. The lowest BCUT2D eigenvalue weighted by Gasteiger charge is -2.28. The van der Waals surface area contributed by atoms with Gasteiger partial charge in [0.05, 0.1) is 4.90 Å². The van der Waals surface area contributed by atoms with Gasteiger partial charge in [0.1, 0.15) is 11.4 Å². The van der Waals surface area contributed by atoms with E-state index < -0.39 is 10.1 Å². The fourth-order valence-corrected chi connectivity index (χ4v) is 3.68. The summed E-state index contributed by atoms with van der Waals surface area (Å²) in [6, 6.07) is 12.7. The smallest absolute Gasteiger partial charge is 0.313 e. The Balaban J connectivity index is 1.88. The second kappa shape index (κ2) is 7.02. The molecule has 0 aromatic heterocycles. The average Bonchev–Trinajstić information content (AvgIpc) is 2.51. The third kappa shape index (κ3) is 4.44. The molecule has 0 unspecified atom stereocenters.